The van der Waals surface area contributed by atoms with Gasteiger partial charge in [0.15, 0.2) is 6.73 Å². The summed E-state index contributed by atoms with van der Waals surface area (Å²) in [7, 11) is 0. The Morgan fingerprint density at radius 1 is 1.35 bits per heavy atom. The van der Waals surface area contributed by atoms with E-state index < -0.39 is 5.60 Å². The van der Waals surface area contributed by atoms with Gasteiger partial charge in [0.05, 0.1) is 6.54 Å². The molecule has 4 heteroatoms. The van der Waals surface area contributed by atoms with Gasteiger partial charge in [-0.2, -0.15) is 0 Å². The molecular formula is C13H17NO3. The first-order valence-electron chi connectivity index (χ1n) is 5.64. The maximum Gasteiger partial charge on any atom is 0.413 e. The van der Waals surface area contributed by atoms with Crippen LogP contribution in [-0.4, -0.2) is 23.3 Å². The van der Waals surface area contributed by atoms with Crippen LogP contribution in [0, 0.1) is 0 Å². The number of hydrogen-bond donors (Lipinski definition) is 0. The number of carbonyl (C=O) groups excluding carboxylic acids is 1. The molecule has 1 aromatic carbocycles. The van der Waals surface area contributed by atoms with Gasteiger partial charge in [0.2, 0.25) is 0 Å². The van der Waals surface area contributed by atoms with Crippen LogP contribution in [0.15, 0.2) is 24.3 Å². The zero-order valence-corrected chi connectivity index (χ0v) is 10.4. The van der Waals surface area contributed by atoms with E-state index in [1.807, 2.05) is 45.0 Å². The Labute approximate surface area is 101 Å². The molecule has 92 valence electrons. The molecule has 0 spiro atoms. The van der Waals surface area contributed by atoms with Crippen molar-refractivity contribution in [2.45, 2.75) is 32.9 Å². The molecule has 0 N–H and O–H groups in total. The van der Waals surface area contributed by atoms with Gasteiger partial charge in [-0.15, -0.1) is 0 Å². The number of ether oxygens (including phenoxy) is 2. The maximum atomic E-state index is 11.8. The molecular weight excluding hydrogens is 218 g/mol. The van der Waals surface area contributed by atoms with E-state index in [-0.39, 0.29) is 12.8 Å². The molecule has 0 radical (unpaired) electrons. The minimum Gasteiger partial charge on any atom is -0.473 e. The van der Waals surface area contributed by atoms with Gasteiger partial charge in [-0.05, 0) is 26.8 Å². The van der Waals surface area contributed by atoms with Gasteiger partial charge in [-0.3, -0.25) is 4.90 Å². The second kappa shape index (κ2) is 4.28. The third-order valence-electron chi connectivity index (χ3n) is 2.36. The van der Waals surface area contributed by atoms with Crippen LogP contribution >= 0.6 is 0 Å². The van der Waals surface area contributed by atoms with Gasteiger partial charge in [0.1, 0.15) is 11.4 Å². The van der Waals surface area contributed by atoms with Crippen molar-refractivity contribution in [3.8, 4) is 5.75 Å². The third kappa shape index (κ3) is 2.90. The molecule has 4 nitrogen and oxygen atoms in total. The Hall–Kier alpha value is -1.71. The molecule has 0 unspecified atom stereocenters. The molecule has 0 atom stereocenters. The molecule has 0 saturated heterocycles. The Kier molecular flexibility index (Phi) is 2.96. The van der Waals surface area contributed by atoms with Crippen LogP contribution < -0.4 is 4.74 Å². The fourth-order valence-corrected chi connectivity index (χ4v) is 1.62. The molecule has 0 bridgehead atoms. The summed E-state index contributed by atoms with van der Waals surface area (Å²) in [6.45, 7) is 6.33. The fourth-order valence-electron chi connectivity index (χ4n) is 1.62. The van der Waals surface area contributed by atoms with Crippen molar-refractivity contribution in [3.63, 3.8) is 0 Å². The van der Waals surface area contributed by atoms with Crippen LogP contribution in [0.25, 0.3) is 0 Å². The summed E-state index contributed by atoms with van der Waals surface area (Å²) in [4.78, 5) is 13.4. The first kappa shape index (κ1) is 11.8. The number of nitrogens with zero attached hydrogens (tertiary/aromatic N) is 1. The highest BCUT2D eigenvalue weighted by Gasteiger charge is 2.26. The van der Waals surface area contributed by atoms with Gasteiger partial charge in [-0.1, -0.05) is 18.2 Å². The van der Waals surface area contributed by atoms with E-state index in [1.54, 1.807) is 4.90 Å². The molecule has 1 aliphatic heterocycles. The van der Waals surface area contributed by atoms with E-state index in [2.05, 4.69) is 0 Å². The highest BCUT2D eigenvalue weighted by Crippen LogP contribution is 2.25. The topological polar surface area (TPSA) is 38.8 Å². The number of para-hydroxylation sites is 1. The van der Waals surface area contributed by atoms with Gasteiger partial charge in [0.25, 0.3) is 0 Å². The summed E-state index contributed by atoms with van der Waals surface area (Å²) < 4.78 is 10.8. The second-order valence-electron chi connectivity index (χ2n) is 5.06. The molecule has 0 aromatic heterocycles. The van der Waals surface area contributed by atoms with E-state index in [1.165, 1.54) is 0 Å². The Morgan fingerprint density at radius 3 is 2.76 bits per heavy atom. The minimum atomic E-state index is -0.478. The second-order valence-corrected chi connectivity index (χ2v) is 5.06. The van der Waals surface area contributed by atoms with Gasteiger partial charge < -0.3 is 9.47 Å². The third-order valence-corrected chi connectivity index (χ3v) is 2.36. The average molecular weight is 235 g/mol. The SMILES string of the molecule is CC(C)(C)OC(=O)N1COc2ccccc2C1. The van der Waals surface area contributed by atoms with Crippen molar-refractivity contribution in [2.75, 3.05) is 6.73 Å². The lowest BCUT2D eigenvalue weighted by Crippen LogP contribution is -2.40. The van der Waals surface area contributed by atoms with Crippen LogP contribution in [0.3, 0.4) is 0 Å². The zero-order valence-electron chi connectivity index (χ0n) is 10.4. The lowest BCUT2D eigenvalue weighted by Gasteiger charge is -2.31. The standard InChI is InChI=1S/C13H17NO3/c1-13(2,3)17-12(15)14-8-10-6-4-5-7-11(10)16-9-14/h4-7H,8-9H2,1-3H3. The number of rotatable bonds is 0. The average Bonchev–Trinajstić information content (AvgIpc) is 2.26. The Balaban J connectivity index is 2.05. The van der Waals surface area contributed by atoms with Gasteiger partial charge >= 0.3 is 6.09 Å². The molecule has 1 aliphatic rings. The van der Waals surface area contributed by atoms with E-state index >= 15 is 0 Å². The lowest BCUT2D eigenvalue weighted by molar-refractivity contribution is 0.00238. The van der Waals surface area contributed by atoms with Crippen molar-refractivity contribution in [1.82, 2.24) is 4.90 Å². The molecule has 1 heterocycles. The van der Waals surface area contributed by atoms with Crippen LogP contribution in [0.1, 0.15) is 26.3 Å². The summed E-state index contributed by atoms with van der Waals surface area (Å²) >= 11 is 0. The molecule has 0 aliphatic carbocycles. The quantitative estimate of drug-likeness (QED) is 0.694. The molecule has 0 fully saturated rings. The van der Waals surface area contributed by atoms with Crippen molar-refractivity contribution in [1.29, 1.82) is 0 Å². The highest BCUT2D eigenvalue weighted by atomic mass is 16.6. The minimum absolute atomic E-state index is 0.242. The van der Waals surface area contributed by atoms with Crippen LogP contribution in [0.5, 0.6) is 5.75 Å². The van der Waals surface area contributed by atoms with Crippen LogP contribution in [-0.2, 0) is 11.3 Å². The summed E-state index contributed by atoms with van der Waals surface area (Å²) in [6, 6.07) is 7.70. The zero-order chi connectivity index (χ0) is 12.5. The van der Waals surface area contributed by atoms with Crippen molar-refractivity contribution < 1.29 is 14.3 Å². The Bertz CT molecular complexity index is 423. The highest BCUT2D eigenvalue weighted by molar-refractivity contribution is 5.68. The monoisotopic (exact) mass is 235 g/mol. The molecule has 0 saturated carbocycles. The van der Waals surface area contributed by atoms with Crippen molar-refractivity contribution >= 4 is 6.09 Å². The number of benzene rings is 1. The summed E-state index contributed by atoms with van der Waals surface area (Å²) in [5.41, 5.74) is 0.526. The van der Waals surface area contributed by atoms with E-state index in [0.717, 1.165) is 11.3 Å². The summed E-state index contributed by atoms with van der Waals surface area (Å²) in [5, 5.41) is 0. The number of fused-ring (bicyclic) bond motifs is 1. The van der Waals surface area contributed by atoms with Gasteiger partial charge in [0, 0.05) is 5.56 Å². The van der Waals surface area contributed by atoms with Crippen LogP contribution in [0.4, 0.5) is 4.79 Å². The fraction of sp³-hybridized carbons (Fsp3) is 0.462. The predicted octanol–water partition coefficient (Wildman–Crippen LogP) is 2.77. The van der Waals surface area contributed by atoms with Crippen molar-refractivity contribution in [3.05, 3.63) is 29.8 Å². The Morgan fingerprint density at radius 2 is 2.06 bits per heavy atom. The van der Waals surface area contributed by atoms with Gasteiger partial charge in [-0.25, -0.2) is 4.79 Å². The van der Waals surface area contributed by atoms with E-state index in [4.69, 9.17) is 9.47 Å². The summed E-state index contributed by atoms with van der Waals surface area (Å²) in [6.07, 6.45) is -0.341. The predicted molar refractivity (Wildman–Crippen MR) is 63.7 cm³/mol. The molecule has 2 rings (SSSR count). The largest absolute Gasteiger partial charge is 0.473 e. The van der Waals surface area contributed by atoms with Crippen LogP contribution in [0.2, 0.25) is 0 Å². The molecule has 17 heavy (non-hydrogen) atoms. The van der Waals surface area contributed by atoms with E-state index in [0.29, 0.717) is 6.54 Å². The maximum absolute atomic E-state index is 11.8. The van der Waals surface area contributed by atoms with Crippen molar-refractivity contribution in [2.24, 2.45) is 0 Å². The molecule has 1 aromatic rings. The first-order valence-corrected chi connectivity index (χ1v) is 5.64. The number of amides is 1. The number of carbonyl (C=O) groups is 1. The smallest absolute Gasteiger partial charge is 0.413 e. The lowest BCUT2D eigenvalue weighted by atomic mass is 10.2. The number of hydrogen-bond acceptors (Lipinski definition) is 3. The summed E-state index contributed by atoms with van der Waals surface area (Å²) in [5.74, 6) is 0.840. The first-order chi connectivity index (χ1) is 7.96. The van der Waals surface area contributed by atoms with E-state index in [9.17, 15) is 4.79 Å². The molecule has 1 amide bonds. The normalized spacial score (nSPS) is 14.9.